The molecule has 0 fully saturated rings. The molecule has 0 unspecified atom stereocenters. The van der Waals surface area contributed by atoms with E-state index < -0.39 is 48.6 Å². The number of nitrogens with zero attached hydrogens (tertiary/aromatic N) is 2. The molecule has 0 aromatic heterocycles. The van der Waals surface area contributed by atoms with E-state index in [1.54, 1.807) is 24.3 Å². The van der Waals surface area contributed by atoms with Crippen molar-refractivity contribution in [2.24, 2.45) is 10.2 Å². The maximum Gasteiger partial charge on any atom is 0.397 e. The number of aryl methyl sites for hydroxylation is 1. The van der Waals surface area contributed by atoms with E-state index in [0.717, 1.165) is 10.9 Å². The average molecular weight is 544 g/mol. The largest absolute Gasteiger partial charge is 0.397 e. The van der Waals surface area contributed by atoms with Crippen LogP contribution in [0, 0.1) is 6.92 Å². The fourth-order valence-corrected chi connectivity index (χ4v) is 4.94. The van der Waals surface area contributed by atoms with Crippen LogP contribution >= 0.6 is 0 Å². The molecule has 0 heterocycles. The van der Waals surface area contributed by atoms with Crippen LogP contribution in [0.5, 0.6) is 0 Å². The Bertz CT molecular complexity index is 1580. The third-order valence-corrected chi connectivity index (χ3v) is 7.41. The molecule has 3 aromatic carbocycles. The minimum atomic E-state index is -4.75. The van der Waals surface area contributed by atoms with Crippen molar-refractivity contribution in [1.82, 2.24) is 0 Å². The predicted molar refractivity (Wildman–Crippen MR) is 129 cm³/mol. The smallest absolute Gasteiger partial charge is 0.368 e. The van der Waals surface area contributed by atoms with Crippen molar-refractivity contribution in [2.75, 3.05) is 23.6 Å². The van der Waals surface area contributed by atoms with Crippen LogP contribution in [0.3, 0.4) is 0 Å². The van der Waals surface area contributed by atoms with E-state index in [4.69, 9.17) is 9.11 Å². The summed E-state index contributed by atoms with van der Waals surface area (Å²) in [6.45, 7) is 1.15. The molecule has 15 heteroatoms. The Kier molecular flexibility index (Phi) is 7.88. The van der Waals surface area contributed by atoms with Crippen LogP contribution in [-0.2, 0) is 34.5 Å². The molecule has 3 aromatic rings. The van der Waals surface area contributed by atoms with E-state index in [0.29, 0.717) is 16.8 Å². The van der Waals surface area contributed by atoms with Crippen LogP contribution in [0.1, 0.15) is 5.56 Å². The summed E-state index contributed by atoms with van der Waals surface area (Å²) in [5.74, 6) is -1.41. The zero-order chi connectivity index (χ0) is 25.9. The van der Waals surface area contributed by atoms with E-state index in [2.05, 4.69) is 19.7 Å². The van der Waals surface area contributed by atoms with Gasteiger partial charge in [0.05, 0.1) is 28.6 Å². The monoisotopic (exact) mass is 543 g/mol. The van der Waals surface area contributed by atoms with Crippen LogP contribution in [0.15, 0.2) is 69.7 Å². The second-order valence-electron chi connectivity index (χ2n) is 7.30. The summed E-state index contributed by atoms with van der Waals surface area (Å²) in [5.41, 5.74) is 1.85. The molecule has 0 saturated heterocycles. The summed E-state index contributed by atoms with van der Waals surface area (Å²) in [6, 6.07) is 14.1. The lowest BCUT2D eigenvalue weighted by atomic mass is 10.0. The van der Waals surface area contributed by atoms with Gasteiger partial charge in [0.1, 0.15) is 11.6 Å². The van der Waals surface area contributed by atoms with E-state index >= 15 is 0 Å². The summed E-state index contributed by atoms with van der Waals surface area (Å²) >= 11 is 0. The van der Waals surface area contributed by atoms with Gasteiger partial charge in [-0.2, -0.15) is 21.9 Å². The number of hydrogen-bond acceptors (Lipinski definition) is 10. The maximum absolute atomic E-state index is 12.3. The number of hydrogen-bond donors (Lipinski definition) is 3. The van der Waals surface area contributed by atoms with Gasteiger partial charge in [-0.25, -0.2) is 12.6 Å². The fourth-order valence-electron chi connectivity index (χ4n) is 3.11. The quantitative estimate of drug-likeness (QED) is 0.252. The Labute approximate surface area is 202 Å². The van der Waals surface area contributed by atoms with E-state index in [1.165, 1.54) is 24.3 Å². The molecule has 0 aliphatic heterocycles. The minimum Gasteiger partial charge on any atom is -0.368 e. The van der Waals surface area contributed by atoms with Gasteiger partial charge in [0.15, 0.2) is 9.84 Å². The first-order valence-corrected chi connectivity index (χ1v) is 14.5. The number of fused-ring (bicyclic) bond motifs is 1. The van der Waals surface area contributed by atoms with Crippen molar-refractivity contribution < 1.29 is 38.5 Å². The van der Waals surface area contributed by atoms with Crippen LogP contribution < -0.4 is 5.32 Å². The van der Waals surface area contributed by atoms with Gasteiger partial charge >= 0.3 is 10.4 Å². The average Bonchev–Trinajstić information content (AvgIpc) is 2.75. The highest BCUT2D eigenvalue weighted by atomic mass is 32.3. The summed E-state index contributed by atoms with van der Waals surface area (Å²) in [5, 5.41) is 12.5. The fraction of sp³-hybridized carbons (Fsp3) is 0.200. The Morgan fingerprint density at radius 1 is 0.857 bits per heavy atom. The zero-order valence-electron chi connectivity index (χ0n) is 18.2. The number of rotatable bonds is 10. The Morgan fingerprint density at radius 2 is 1.54 bits per heavy atom. The molecule has 0 radical (unpaired) electrons. The molecular weight excluding hydrogens is 522 g/mol. The Balaban J connectivity index is 1.89. The highest BCUT2D eigenvalue weighted by molar-refractivity contribution is 7.91. The molecule has 0 bridgehead atoms. The molecule has 0 atom stereocenters. The third kappa shape index (κ3) is 7.51. The maximum atomic E-state index is 12.3. The van der Waals surface area contributed by atoms with E-state index in [1.807, 2.05) is 13.0 Å². The van der Waals surface area contributed by atoms with Gasteiger partial charge < -0.3 is 5.32 Å². The highest BCUT2D eigenvalue weighted by Crippen LogP contribution is 2.36. The molecule has 3 N–H and O–H groups in total. The first kappa shape index (κ1) is 26.7. The molecule has 188 valence electrons. The number of azo groups is 1. The van der Waals surface area contributed by atoms with Crippen LogP contribution in [-0.4, -0.2) is 52.6 Å². The lowest BCUT2D eigenvalue weighted by Gasteiger charge is -2.11. The standard InChI is InChI=1S/C20H21N3O9S3/c1-14-3-2-4-18-17(14)9-10-19(21-13-34(26,27)28)20(18)23-22-15-5-7-16(8-6-15)33(24,25)12-11-32-35(29,30)31/h2-10,21H,11-13H2,1H3,(H,26,27,28)(H,29,30,31). The van der Waals surface area contributed by atoms with Crippen molar-refractivity contribution in [2.45, 2.75) is 11.8 Å². The SMILES string of the molecule is Cc1cccc2c(N=Nc3ccc(S(=O)(=O)CCOS(=O)(=O)O)cc3)c(NCS(=O)(=O)O)ccc12. The second-order valence-corrected chi connectivity index (χ2v) is 12.0. The van der Waals surface area contributed by atoms with Crippen molar-refractivity contribution in [3.05, 3.63) is 60.2 Å². The summed E-state index contributed by atoms with van der Waals surface area (Å²) in [4.78, 5) is -0.119. The van der Waals surface area contributed by atoms with E-state index in [-0.39, 0.29) is 10.6 Å². The topological polar surface area (TPSA) is 189 Å². The van der Waals surface area contributed by atoms with Gasteiger partial charge in [-0.3, -0.25) is 9.11 Å². The molecule has 0 spiro atoms. The molecule has 3 rings (SSSR count). The molecule has 0 aliphatic carbocycles. The lowest BCUT2D eigenvalue weighted by Crippen LogP contribution is -2.15. The molecule has 0 saturated carbocycles. The molecule has 35 heavy (non-hydrogen) atoms. The minimum absolute atomic E-state index is 0.119. The van der Waals surface area contributed by atoms with Crippen molar-refractivity contribution in [3.8, 4) is 0 Å². The van der Waals surface area contributed by atoms with Crippen LogP contribution in [0.4, 0.5) is 17.1 Å². The van der Waals surface area contributed by atoms with Crippen LogP contribution in [0.25, 0.3) is 10.8 Å². The lowest BCUT2D eigenvalue weighted by molar-refractivity contribution is 0.284. The summed E-state index contributed by atoms with van der Waals surface area (Å²) < 4.78 is 89.8. The molecule has 0 amide bonds. The van der Waals surface area contributed by atoms with Gasteiger partial charge in [0.2, 0.25) is 0 Å². The van der Waals surface area contributed by atoms with Crippen molar-refractivity contribution in [3.63, 3.8) is 0 Å². The van der Waals surface area contributed by atoms with Crippen molar-refractivity contribution >= 4 is 58.2 Å². The van der Waals surface area contributed by atoms with Crippen molar-refractivity contribution in [1.29, 1.82) is 0 Å². The first-order valence-electron chi connectivity index (χ1n) is 9.83. The third-order valence-electron chi connectivity index (χ3n) is 4.74. The van der Waals surface area contributed by atoms with Gasteiger partial charge in [-0.05, 0) is 48.2 Å². The number of benzene rings is 3. The summed E-state index contributed by atoms with van der Waals surface area (Å²) in [6.07, 6.45) is 0. The van der Waals surface area contributed by atoms with Gasteiger partial charge in [-0.15, -0.1) is 5.11 Å². The normalized spacial score (nSPS) is 12.9. The summed E-state index contributed by atoms with van der Waals surface area (Å²) in [7, 11) is -12.9. The van der Waals surface area contributed by atoms with Crippen LogP contribution in [0.2, 0.25) is 0 Å². The molecule has 12 nitrogen and oxygen atoms in total. The number of anilines is 1. The Hall–Kier alpha value is -2.95. The Morgan fingerprint density at radius 3 is 2.17 bits per heavy atom. The zero-order valence-corrected chi connectivity index (χ0v) is 20.6. The van der Waals surface area contributed by atoms with Gasteiger partial charge in [0.25, 0.3) is 10.1 Å². The molecular formula is C20H21N3O9S3. The molecule has 0 aliphatic rings. The number of sulfone groups is 1. The predicted octanol–water partition coefficient (Wildman–Crippen LogP) is 3.41. The number of nitrogens with one attached hydrogen (secondary N) is 1. The van der Waals surface area contributed by atoms with Gasteiger partial charge in [0, 0.05) is 5.39 Å². The highest BCUT2D eigenvalue weighted by Gasteiger charge is 2.17. The second kappa shape index (κ2) is 10.3. The van der Waals surface area contributed by atoms with E-state index in [9.17, 15) is 25.3 Å². The first-order chi connectivity index (χ1) is 16.3. The van der Waals surface area contributed by atoms with Gasteiger partial charge in [-0.1, -0.05) is 24.3 Å².